The lowest BCUT2D eigenvalue weighted by Gasteiger charge is -2.16. The number of hydrogen-bond donors (Lipinski definition) is 1. The van der Waals surface area contributed by atoms with Crippen LogP contribution in [0, 0.1) is 16.0 Å². The zero-order valence-corrected chi connectivity index (χ0v) is 9.80. The highest BCUT2D eigenvalue weighted by Gasteiger charge is 2.15. The van der Waals surface area contributed by atoms with E-state index < -0.39 is 4.92 Å². The molecule has 1 unspecified atom stereocenters. The van der Waals surface area contributed by atoms with E-state index in [9.17, 15) is 10.1 Å². The Bertz CT molecular complexity index is 366. The molecule has 16 heavy (non-hydrogen) atoms. The van der Waals surface area contributed by atoms with Crippen molar-refractivity contribution in [2.45, 2.75) is 33.2 Å². The van der Waals surface area contributed by atoms with Gasteiger partial charge in [0, 0.05) is 12.2 Å². The minimum absolute atomic E-state index is 0.0260. The summed E-state index contributed by atoms with van der Waals surface area (Å²) < 4.78 is 0. The van der Waals surface area contributed by atoms with Gasteiger partial charge in [0.1, 0.15) is 11.9 Å². The minimum atomic E-state index is -0.419. The number of aromatic nitrogens is 1. The molecule has 0 aliphatic rings. The predicted molar refractivity (Wildman–Crippen MR) is 63.4 cm³/mol. The first kappa shape index (κ1) is 12.4. The third-order valence-electron chi connectivity index (χ3n) is 2.22. The summed E-state index contributed by atoms with van der Waals surface area (Å²) in [6, 6.07) is 1.84. The van der Waals surface area contributed by atoms with Crippen LogP contribution in [-0.4, -0.2) is 15.9 Å². The normalized spacial score (nSPS) is 12.5. The van der Waals surface area contributed by atoms with Crippen LogP contribution in [0.1, 0.15) is 27.2 Å². The molecule has 88 valence electrons. The van der Waals surface area contributed by atoms with Crippen molar-refractivity contribution in [3.63, 3.8) is 0 Å². The van der Waals surface area contributed by atoms with Crippen LogP contribution in [-0.2, 0) is 0 Å². The third kappa shape index (κ3) is 3.49. The van der Waals surface area contributed by atoms with Crippen molar-refractivity contribution in [2.24, 2.45) is 5.92 Å². The second kappa shape index (κ2) is 5.44. The fourth-order valence-corrected chi connectivity index (χ4v) is 1.69. The standard InChI is InChI=1S/C11H17N3O2/c1-8(2)6-9(3)13-10-4-5-12-7-11(10)14(15)16/h4-5,7-9H,6H2,1-3H3,(H,12,13). The number of nitrogens with one attached hydrogen (secondary N) is 1. The fourth-order valence-electron chi connectivity index (χ4n) is 1.69. The zero-order valence-electron chi connectivity index (χ0n) is 9.80. The molecule has 1 N–H and O–H groups in total. The largest absolute Gasteiger partial charge is 0.377 e. The smallest absolute Gasteiger partial charge is 0.310 e. The Morgan fingerprint density at radius 2 is 2.19 bits per heavy atom. The van der Waals surface area contributed by atoms with Gasteiger partial charge in [-0.25, -0.2) is 0 Å². The van der Waals surface area contributed by atoms with E-state index in [0.29, 0.717) is 11.6 Å². The number of nitro groups is 1. The topological polar surface area (TPSA) is 68.1 Å². The van der Waals surface area contributed by atoms with Crippen LogP contribution in [0.5, 0.6) is 0 Å². The summed E-state index contributed by atoms with van der Waals surface area (Å²) in [5, 5.41) is 13.9. The quantitative estimate of drug-likeness (QED) is 0.615. The Morgan fingerprint density at radius 3 is 2.75 bits per heavy atom. The molecule has 1 aromatic heterocycles. The van der Waals surface area contributed by atoms with Crippen molar-refractivity contribution < 1.29 is 4.92 Å². The average molecular weight is 223 g/mol. The molecule has 0 spiro atoms. The van der Waals surface area contributed by atoms with Gasteiger partial charge in [-0.3, -0.25) is 15.1 Å². The highest BCUT2D eigenvalue weighted by Crippen LogP contribution is 2.23. The zero-order chi connectivity index (χ0) is 12.1. The van der Waals surface area contributed by atoms with Gasteiger partial charge in [-0.2, -0.15) is 0 Å². The van der Waals surface area contributed by atoms with Crippen molar-refractivity contribution in [1.29, 1.82) is 0 Å². The molecule has 0 saturated heterocycles. The van der Waals surface area contributed by atoms with E-state index in [1.807, 2.05) is 6.92 Å². The van der Waals surface area contributed by atoms with Crippen LogP contribution in [0.4, 0.5) is 11.4 Å². The first-order chi connectivity index (χ1) is 7.50. The monoisotopic (exact) mass is 223 g/mol. The van der Waals surface area contributed by atoms with Crippen LogP contribution in [0.15, 0.2) is 18.5 Å². The molecule has 0 amide bonds. The van der Waals surface area contributed by atoms with Crippen LogP contribution >= 0.6 is 0 Å². The summed E-state index contributed by atoms with van der Waals surface area (Å²) in [5.74, 6) is 0.559. The maximum absolute atomic E-state index is 10.8. The lowest BCUT2D eigenvalue weighted by atomic mass is 10.1. The molecule has 5 heteroatoms. The maximum Gasteiger partial charge on any atom is 0.310 e. The van der Waals surface area contributed by atoms with Crippen molar-refractivity contribution in [2.75, 3.05) is 5.32 Å². The summed E-state index contributed by atoms with van der Waals surface area (Å²) in [4.78, 5) is 14.1. The van der Waals surface area contributed by atoms with Crippen LogP contribution < -0.4 is 5.32 Å². The molecule has 0 aromatic carbocycles. The molecule has 0 bridgehead atoms. The molecule has 1 rings (SSSR count). The number of rotatable bonds is 5. The number of anilines is 1. The van der Waals surface area contributed by atoms with Crippen LogP contribution in [0.25, 0.3) is 0 Å². The first-order valence-electron chi connectivity index (χ1n) is 5.35. The van der Waals surface area contributed by atoms with Gasteiger partial charge in [-0.15, -0.1) is 0 Å². The Balaban J connectivity index is 2.76. The van der Waals surface area contributed by atoms with E-state index in [-0.39, 0.29) is 11.7 Å². The van der Waals surface area contributed by atoms with E-state index in [1.54, 1.807) is 12.3 Å². The average Bonchev–Trinajstić information content (AvgIpc) is 2.16. The lowest BCUT2D eigenvalue weighted by molar-refractivity contribution is -0.384. The molecule has 1 atom stereocenters. The molecule has 5 nitrogen and oxygen atoms in total. The van der Waals surface area contributed by atoms with Gasteiger partial charge in [0.2, 0.25) is 0 Å². The van der Waals surface area contributed by atoms with E-state index >= 15 is 0 Å². The van der Waals surface area contributed by atoms with Gasteiger partial charge >= 0.3 is 5.69 Å². The van der Waals surface area contributed by atoms with E-state index in [0.717, 1.165) is 6.42 Å². The summed E-state index contributed by atoms with van der Waals surface area (Å²) in [6.07, 6.45) is 3.79. The van der Waals surface area contributed by atoms with Crippen molar-refractivity contribution >= 4 is 11.4 Å². The Labute approximate surface area is 95.0 Å². The van der Waals surface area contributed by atoms with Crippen molar-refractivity contribution in [3.8, 4) is 0 Å². The summed E-state index contributed by atoms with van der Waals surface area (Å²) in [7, 11) is 0. The predicted octanol–water partition coefficient (Wildman–Crippen LogP) is 2.84. The highest BCUT2D eigenvalue weighted by molar-refractivity contribution is 5.59. The summed E-state index contributed by atoms with van der Waals surface area (Å²) >= 11 is 0. The van der Waals surface area contributed by atoms with Gasteiger partial charge in [0.05, 0.1) is 4.92 Å². The first-order valence-corrected chi connectivity index (χ1v) is 5.35. The Kier molecular flexibility index (Phi) is 4.22. The van der Waals surface area contributed by atoms with Gasteiger partial charge in [0.25, 0.3) is 0 Å². The second-order valence-corrected chi connectivity index (χ2v) is 4.32. The Morgan fingerprint density at radius 1 is 1.50 bits per heavy atom. The van der Waals surface area contributed by atoms with Gasteiger partial charge < -0.3 is 5.32 Å². The fraction of sp³-hybridized carbons (Fsp3) is 0.545. The molecule has 0 aliphatic carbocycles. The van der Waals surface area contributed by atoms with Gasteiger partial charge in [-0.1, -0.05) is 13.8 Å². The van der Waals surface area contributed by atoms with Crippen molar-refractivity contribution in [1.82, 2.24) is 4.98 Å². The molecule has 1 heterocycles. The molecule has 0 saturated carbocycles. The number of pyridine rings is 1. The third-order valence-corrected chi connectivity index (χ3v) is 2.22. The SMILES string of the molecule is CC(C)CC(C)Nc1ccncc1[N+](=O)[O-]. The van der Waals surface area contributed by atoms with Crippen LogP contribution in [0.3, 0.4) is 0 Å². The summed E-state index contributed by atoms with van der Waals surface area (Å²) in [6.45, 7) is 6.27. The van der Waals surface area contributed by atoms with Crippen LogP contribution in [0.2, 0.25) is 0 Å². The van der Waals surface area contributed by atoms with E-state index in [4.69, 9.17) is 0 Å². The minimum Gasteiger partial charge on any atom is -0.377 e. The lowest BCUT2D eigenvalue weighted by Crippen LogP contribution is -2.18. The van der Waals surface area contributed by atoms with Gasteiger partial charge in [0.15, 0.2) is 0 Å². The Hall–Kier alpha value is -1.65. The van der Waals surface area contributed by atoms with E-state index in [1.165, 1.54) is 6.20 Å². The van der Waals surface area contributed by atoms with Crippen molar-refractivity contribution in [3.05, 3.63) is 28.6 Å². The summed E-state index contributed by atoms with van der Waals surface area (Å²) in [5.41, 5.74) is 0.561. The number of nitrogens with zero attached hydrogens (tertiary/aromatic N) is 2. The van der Waals surface area contributed by atoms with Gasteiger partial charge in [-0.05, 0) is 25.3 Å². The maximum atomic E-state index is 10.8. The number of hydrogen-bond acceptors (Lipinski definition) is 4. The highest BCUT2D eigenvalue weighted by atomic mass is 16.6. The molecule has 0 aliphatic heterocycles. The second-order valence-electron chi connectivity index (χ2n) is 4.32. The van der Waals surface area contributed by atoms with E-state index in [2.05, 4.69) is 24.1 Å². The molecule has 0 radical (unpaired) electrons. The molecule has 0 fully saturated rings. The molecule has 1 aromatic rings. The molecular weight excluding hydrogens is 206 g/mol. The molecular formula is C11H17N3O2.